The number of pyridine rings is 2. The molecule has 3 rings (SSSR count). The van der Waals surface area contributed by atoms with Crippen LogP contribution in [0, 0.1) is 0 Å². The van der Waals surface area contributed by atoms with Crippen molar-refractivity contribution in [2.24, 2.45) is 0 Å². The summed E-state index contributed by atoms with van der Waals surface area (Å²) in [6, 6.07) is 11.0. The van der Waals surface area contributed by atoms with E-state index in [0.29, 0.717) is 11.3 Å². The van der Waals surface area contributed by atoms with E-state index >= 15 is 0 Å². The number of para-hydroxylation sites is 1. The van der Waals surface area contributed by atoms with E-state index < -0.39 is 0 Å². The van der Waals surface area contributed by atoms with Crippen molar-refractivity contribution in [1.82, 2.24) is 9.97 Å². The van der Waals surface area contributed by atoms with Crippen molar-refractivity contribution in [3.63, 3.8) is 0 Å². The van der Waals surface area contributed by atoms with E-state index in [-0.39, 0.29) is 16.1 Å². The summed E-state index contributed by atoms with van der Waals surface area (Å²) in [6.45, 7) is 0. The van der Waals surface area contributed by atoms with Gasteiger partial charge in [-0.15, -0.1) is 0 Å². The third kappa shape index (κ3) is 2.96. The Hall–Kier alpha value is -2.17. The zero-order valence-electron chi connectivity index (χ0n) is 10.7. The number of carbonyl (C=O) groups is 1. The highest BCUT2D eigenvalue weighted by Crippen LogP contribution is 2.21. The molecule has 21 heavy (non-hydrogen) atoms. The Bertz CT molecular complexity index is 836. The molecule has 1 N–H and O–H groups in total. The largest absolute Gasteiger partial charge is 0.321 e. The maximum atomic E-state index is 12.1. The molecule has 0 bridgehead atoms. The van der Waals surface area contributed by atoms with E-state index in [2.05, 4.69) is 15.3 Å². The van der Waals surface area contributed by atoms with E-state index in [0.717, 1.165) is 10.9 Å². The van der Waals surface area contributed by atoms with Crippen LogP contribution < -0.4 is 5.32 Å². The molecule has 3 aromatic rings. The number of nitrogens with one attached hydrogen (secondary N) is 1. The van der Waals surface area contributed by atoms with Gasteiger partial charge in [-0.25, -0.2) is 4.98 Å². The van der Waals surface area contributed by atoms with Crippen molar-refractivity contribution in [2.75, 3.05) is 5.32 Å². The number of hydrogen-bond acceptors (Lipinski definition) is 3. The summed E-state index contributed by atoms with van der Waals surface area (Å²) in [6.07, 6.45) is 2.98. The zero-order valence-corrected chi connectivity index (χ0v) is 12.2. The minimum atomic E-state index is -0.321. The molecule has 0 fully saturated rings. The van der Waals surface area contributed by atoms with Gasteiger partial charge in [0.1, 0.15) is 5.15 Å². The molecule has 2 aromatic heterocycles. The van der Waals surface area contributed by atoms with Gasteiger partial charge in [0, 0.05) is 11.6 Å². The molecule has 2 heterocycles. The van der Waals surface area contributed by atoms with Gasteiger partial charge in [0.15, 0.2) is 0 Å². The van der Waals surface area contributed by atoms with Crippen LogP contribution >= 0.6 is 23.2 Å². The number of fused-ring (bicyclic) bond motifs is 1. The van der Waals surface area contributed by atoms with Crippen LogP contribution in [0.4, 0.5) is 5.69 Å². The topological polar surface area (TPSA) is 54.9 Å². The first-order chi connectivity index (χ1) is 10.1. The lowest BCUT2D eigenvalue weighted by atomic mass is 10.2. The highest BCUT2D eigenvalue weighted by atomic mass is 35.5. The van der Waals surface area contributed by atoms with E-state index in [1.165, 1.54) is 12.3 Å². The molecule has 0 saturated carbocycles. The second-order valence-electron chi connectivity index (χ2n) is 4.37. The third-order valence-electron chi connectivity index (χ3n) is 2.91. The molecule has 1 aromatic carbocycles. The maximum absolute atomic E-state index is 12.1. The first kappa shape index (κ1) is 13.8. The fourth-order valence-electron chi connectivity index (χ4n) is 1.89. The minimum absolute atomic E-state index is 0.167. The fourth-order valence-corrected chi connectivity index (χ4v) is 2.16. The fraction of sp³-hybridized carbons (Fsp3) is 0. The Morgan fingerprint density at radius 2 is 1.86 bits per heavy atom. The van der Waals surface area contributed by atoms with Gasteiger partial charge < -0.3 is 5.32 Å². The average Bonchev–Trinajstić information content (AvgIpc) is 2.50. The van der Waals surface area contributed by atoms with Crippen molar-refractivity contribution in [1.29, 1.82) is 0 Å². The van der Waals surface area contributed by atoms with E-state index in [4.69, 9.17) is 23.2 Å². The number of amides is 1. The summed E-state index contributed by atoms with van der Waals surface area (Å²) in [7, 11) is 0. The Kier molecular flexibility index (Phi) is 3.73. The molecule has 0 saturated heterocycles. The summed E-state index contributed by atoms with van der Waals surface area (Å²) >= 11 is 11.6. The molecule has 6 heteroatoms. The molecule has 0 spiro atoms. The number of carbonyl (C=O) groups excluding carboxylic acids is 1. The summed E-state index contributed by atoms with van der Waals surface area (Å²) in [5.41, 5.74) is 1.80. The predicted molar refractivity (Wildman–Crippen MR) is 84.0 cm³/mol. The van der Waals surface area contributed by atoms with Gasteiger partial charge in [0.05, 0.1) is 28.0 Å². The highest BCUT2D eigenvalue weighted by molar-refractivity contribution is 6.41. The first-order valence-electron chi connectivity index (χ1n) is 6.11. The normalized spacial score (nSPS) is 10.6. The zero-order chi connectivity index (χ0) is 14.8. The van der Waals surface area contributed by atoms with Gasteiger partial charge in [0.25, 0.3) is 5.91 Å². The lowest BCUT2D eigenvalue weighted by Gasteiger charge is -2.06. The minimum Gasteiger partial charge on any atom is -0.321 e. The smallest absolute Gasteiger partial charge is 0.257 e. The van der Waals surface area contributed by atoms with E-state index in [1.807, 2.05) is 30.3 Å². The van der Waals surface area contributed by atoms with Gasteiger partial charge in [-0.2, -0.15) is 0 Å². The lowest BCUT2D eigenvalue weighted by molar-refractivity contribution is 0.102. The second kappa shape index (κ2) is 5.68. The quantitative estimate of drug-likeness (QED) is 0.721. The van der Waals surface area contributed by atoms with Gasteiger partial charge in [0.2, 0.25) is 0 Å². The number of halogens is 2. The van der Waals surface area contributed by atoms with Crippen LogP contribution in [0.1, 0.15) is 10.4 Å². The van der Waals surface area contributed by atoms with Crippen molar-refractivity contribution in [3.8, 4) is 0 Å². The van der Waals surface area contributed by atoms with Gasteiger partial charge in [-0.3, -0.25) is 9.78 Å². The van der Waals surface area contributed by atoms with Crippen LogP contribution in [0.15, 0.2) is 48.8 Å². The third-order valence-corrected chi connectivity index (χ3v) is 3.59. The number of benzene rings is 1. The molecule has 0 aliphatic rings. The molecule has 0 aliphatic carbocycles. The highest BCUT2D eigenvalue weighted by Gasteiger charge is 2.10. The first-order valence-corrected chi connectivity index (χ1v) is 6.86. The Labute approximate surface area is 130 Å². The molecule has 1 amide bonds. The standard InChI is InChI=1S/C15H9Cl2N3O/c16-12-6-10(7-19-14(12)17)15(21)20-11-5-9-3-1-2-4-13(9)18-8-11/h1-8H,(H,20,21). The monoisotopic (exact) mass is 317 g/mol. The lowest BCUT2D eigenvalue weighted by Crippen LogP contribution is -2.12. The van der Waals surface area contributed by atoms with Crippen LogP contribution in [0.25, 0.3) is 10.9 Å². The summed E-state index contributed by atoms with van der Waals surface area (Å²) in [5.74, 6) is -0.321. The van der Waals surface area contributed by atoms with Crippen LogP contribution in [0.3, 0.4) is 0 Å². The molecule has 104 valence electrons. The van der Waals surface area contributed by atoms with Gasteiger partial charge in [-0.1, -0.05) is 41.4 Å². The molecule has 0 radical (unpaired) electrons. The van der Waals surface area contributed by atoms with Crippen LogP contribution in [-0.2, 0) is 0 Å². The van der Waals surface area contributed by atoms with Crippen molar-refractivity contribution >= 4 is 45.7 Å². The SMILES string of the molecule is O=C(Nc1cnc2ccccc2c1)c1cnc(Cl)c(Cl)c1. The average molecular weight is 318 g/mol. The Morgan fingerprint density at radius 3 is 2.67 bits per heavy atom. The Morgan fingerprint density at radius 1 is 1.05 bits per heavy atom. The maximum Gasteiger partial charge on any atom is 0.257 e. The number of aromatic nitrogens is 2. The number of anilines is 1. The van der Waals surface area contributed by atoms with Crippen LogP contribution in [-0.4, -0.2) is 15.9 Å². The van der Waals surface area contributed by atoms with Crippen molar-refractivity contribution in [2.45, 2.75) is 0 Å². The number of hydrogen-bond donors (Lipinski definition) is 1. The van der Waals surface area contributed by atoms with Gasteiger partial charge in [-0.05, 0) is 18.2 Å². The molecule has 0 unspecified atom stereocenters. The van der Waals surface area contributed by atoms with E-state index in [9.17, 15) is 4.79 Å². The summed E-state index contributed by atoms with van der Waals surface area (Å²) < 4.78 is 0. The van der Waals surface area contributed by atoms with Crippen LogP contribution in [0.5, 0.6) is 0 Å². The van der Waals surface area contributed by atoms with Crippen molar-refractivity contribution in [3.05, 3.63) is 64.5 Å². The summed E-state index contributed by atoms with van der Waals surface area (Å²) in [5, 5.41) is 4.10. The van der Waals surface area contributed by atoms with E-state index in [1.54, 1.807) is 6.20 Å². The predicted octanol–water partition coefficient (Wildman–Crippen LogP) is 4.19. The molecule has 0 aliphatic heterocycles. The van der Waals surface area contributed by atoms with Crippen molar-refractivity contribution < 1.29 is 4.79 Å². The number of nitrogens with zero attached hydrogens (tertiary/aromatic N) is 2. The molecular formula is C15H9Cl2N3O. The van der Waals surface area contributed by atoms with Gasteiger partial charge >= 0.3 is 0 Å². The molecule has 0 atom stereocenters. The Balaban J connectivity index is 1.87. The van der Waals surface area contributed by atoms with Crippen LogP contribution in [0.2, 0.25) is 10.2 Å². The number of rotatable bonds is 2. The summed E-state index contributed by atoms with van der Waals surface area (Å²) in [4.78, 5) is 20.3. The second-order valence-corrected chi connectivity index (χ2v) is 5.13. The molecular weight excluding hydrogens is 309 g/mol. The molecule has 4 nitrogen and oxygen atoms in total.